The summed E-state index contributed by atoms with van der Waals surface area (Å²) in [5.74, 6) is -7.42. The molecule has 0 aromatic heterocycles. The Morgan fingerprint density at radius 3 is 1.84 bits per heavy atom. The van der Waals surface area contributed by atoms with Gasteiger partial charge in [-0.2, -0.15) is 8.42 Å². The summed E-state index contributed by atoms with van der Waals surface area (Å²) in [4.78, 5) is 84.3. The van der Waals surface area contributed by atoms with Gasteiger partial charge in [0.15, 0.2) is 5.75 Å². The van der Waals surface area contributed by atoms with Crippen LogP contribution in [-0.2, 0) is 39.3 Å². The predicted octanol–water partition coefficient (Wildman–Crippen LogP) is 2.20. The van der Waals surface area contributed by atoms with Crippen molar-refractivity contribution in [3.63, 3.8) is 0 Å². The summed E-state index contributed by atoms with van der Waals surface area (Å²) in [5, 5.41) is 32.1. The van der Waals surface area contributed by atoms with E-state index in [0.717, 1.165) is 30.6 Å². The molecule has 1 aromatic rings. The Morgan fingerprint density at radius 2 is 1.34 bits per heavy atom. The number of carboxylic acid groups (broad SMARTS) is 3. The zero-order chi connectivity index (χ0) is 52.0. The first-order chi connectivity index (χ1) is 33.0. The zero-order valence-corrected chi connectivity index (χ0v) is 41.6. The molecule has 3 aliphatic rings. The first-order valence-corrected chi connectivity index (χ1v) is 25.1. The maximum Gasteiger partial charge on any atom is 0.488 e. The molecule has 3 amide bonds. The molecule has 0 atom stereocenters. The molecule has 1 aromatic carbocycles. The van der Waals surface area contributed by atoms with Crippen LogP contribution in [-0.4, -0.2) is 226 Å². The molecule has 0 unspecified atom stereocenters. The number of alkyl halides is 2. The van der Waals surface area contributed by atoms with Crippen molar-refractivity contribution in [1.82, 2.24) is 34.7 Å². The fourth-order valence-electron chi connectivity index (χ4n) is 8.17. The molecule has 25 heteroatoms. The van der Waals surface area contributed by atoms with E-state index in [2.05, 4.69) is 19.7 Å². The fourth-order valence-corrected chi connectivity index (χ4v) is 8.52. The second kappa shape index (κ2) is 29.2. The molecule has 21 nitrogen and oxygen atoms in total. The highest BCUT2D eigenvalue weighted by atomic mass is 32.3. The van der Waals surface area contributed by atoms with E-state index in [1.54, 1.807) is 27.8 Å². The van der Waals surface area contributed by atoms with Crippen LogP contribution in [0.15, 0.2) is 18.2 Å². The molecule has 70 heavy (non-hydrogen) atoms. The molecule has 3 heterocycles. The van der Waals surface area contributed by atoms with Crippen LogP contribution in [0.1, 0.15) is 71.3 Å². The van der Waals surface area contributed by atoms with Crippen LogP contribution in [0.5, 0.6) is 5.75 Å². The number of carbonyl (C=O) groups excluding carboxylic acids is 3. The van der Waals surface area contributed by atoms with Crippen molar-refractivity contribution >= 4 is 63.1 Å². The van der Waals surface area contributed by atoms with Crippen LogP contribution in [0.3, 0.4) is 0 Å². The number of halogens is 3. The third kappa shape index (κ3) is 21.4. The third-order valence-corrected chi connectivity index (χ3v) is 12.2. The highest BCUT2D eigenvalue weighted by Gasteiger charge is 2.40. The molecule has 0 saturated carbocycles. The van der Waals surface area contributed by atoms with E-state index in [1.165, 1.54) is 12.1 Å². The van der Waals surface area contributed by atoms with E-state index in [1.807, 2.05) is 30.6 Å². The Morgan fingerprint density at radius 1 is 0.757 bits per heavy atom. The smallest absolute Gasteiger partial charge is 0.481 e. The van der Waals surface area contributed by atoms with Gasteiger partial charge in [0, 0.05) is 115 Å². The van der Waals surface area contributed by atoms with Gasteiger partial charge in [-0.25, -0.2) is 8.78 Å². The lowest BCUT2D eigenvalue weighted by Gasteiger charge is -2.36. The Balaban J connectivity index is 0.00000171. The molecule has 0 aliphatic carbocycles. The lowest BCUT2D eigenvalue weighted by molar-refractivity contribution is -0.140. The van der Waals surface area contributed by atoms with Gasteiger partial charge in [-0.1, -0.05) is 37.2 Å². The van der Waals surface area contributed by atoms with Crippen molar-refractivity contribution in [2.45, 2.75) is 71.6 Å². The van der Waals surface area contributed by atoms with Crippen LogP contribution in [0, 0.1) is 0 Å². The topological polar surface area (TPSA) is 253 Å². The number of amides is 3. The Kier molecular flexibility index (Phi) is 24.6. The number of likely N-dealkylation sites (tertiary alicyclic amines) is 1. The van der Waals surface area contributed by atoms with Gasteiger partial charge in [0.1, 0.15) is 0 Å². The zero-order valence-electron chi connectivity index (χ0n) is 40.8. The first-order valence-electron chi connectivity index (χ1n) is 23.8. The number of rotatable bonds is 29. The van der Waals surface area contributed by atoms with Crippen molar-refractivity contribution in [3.05, 3.63) is 23.8 Å². The summed E-state index contributed by atoms with van der Waals surface area (Å²) >= 11 is 0. The average Bonchev–Trinajstić information content (AvgIpc) is 3.66. The van der Waals surface area contributed by atoms with Crippen LogP contribution in [0.2, 0.25) is 0 Å². The van der Waals surface area contributed by atoms with Crippen LogP contribution >= 0.6 is 0 Å². The largest absolute Gasteiger partial charge is 0.488 e. The molecule has 2 fully saturated rings. The third-order valence-electron chi connectivity index (χ3n) is 11.8. The van der Waals surface area contributed by atoms with E-state index in [0.29, 0.717) is 97.1 Å². The number of benzene rings is 1. The molecule has 2 saturated heterocycles. The summed E-state index contributed by atoms with van der Waals surface area (Å²) in [5.41, 5.74) is 0.680. The molecule has 0 bridgehead atoms. The minimum Gasteiger partial charge on any atom is -0.481 e. The van der Waals surface area contributed by atoms with E-state index in [4.69, 9.17) is 5.11 Å². The average molecular weight is 1020 g/mol. The first kappa shape index (κ1) is 59.1. The maximum absolute atomic E-state index is 13.9. The van der Waals surface area contributed by atoms with Crippen molar-refractivity contribution in [2.75, 3.05) is 142 Å². The molecular weight excluding hydrogens is 948 g/mol. The summed E-state index contributed by atoms with van der Waals surface area (Å²) in [6.45, 7) is 10.7. The van der Waals surface area contributed by atoms with Crippen LogP contribution in [0.4, 0.5) is 24.0 Å². The number of fused-ring (bicyclic) bond motifs is 1. The predicted molar refractivity (Wildman–Crippen MR) is 256 cm³/mol. The normalized spacial score (nSPS) is 15.7. The molecule has 0 spiro atoms. The number of carboxylic acids is 3. The van der Waals surface area contributed by atoms with Gasteiger partial charge >= 0.3 is 28.4 Å². The number of piperazine rings is 1. The van der Waals surface area contributed by atoms with Crippen molar-refractivity contribution in [3.8, 4) is 5.75 Å². The van der Waals surface area contributed by atoms with Gasteiger partial charge in [0.2, 0.25) is 11.8 Å². The molecule has 3 aliphatic heterocycles. The standard InChI is InChI=1S/C40H62F3N9O10S.C5H10O2/c1-4-10-48(15-17-50(28-37(57)58)18-16-49(11-5-2)27-36(55)56)26-35(54)51-21-19-47(20-22-51)13-6-12-46(3)30-23-32-31(7-9-44-38(32)33(24-30)62-63(43,60)61)39(59)45-25-34(53)52-14-8-40(41,42)29-52;1-2-3-4-5(6)7/h7,23-24,44H,4-6,8-22,25-29H2,1-3H3,(H,45,59)(H,55,56)(H,57,58);2-4H2,1H3,(H,6,7). The van der Waals surface area contributed by atoms with Gasteiger partial charge in [-0.15, -0.1) is 0 Å². The lowest BCUT2D eigenvalue weighted by Crippen LogP contribution is -2.52. The summed E-state index contributed by atoms with van der Waals surface area (Å²) in [7, 11) is -3.73. The lowest BCUT2D eigenvalue weighted by atomic mass is 9.97. The number of carbonyl (C=O) groups is 6. The van der Waals surface area contributed by atoms with Crippen molar-refractivity contribution in [1.29, 1.82) is 0 Å². The minimum absolute atomic E-state index is 0.0247. The summed E-state index contributed by atoms with van der Waals surface area (Å²) < 4.78 is 69.1. The molecule has 396 valence electrons. The molecule has 5 N–H and O–H groups in total. The fraction of sp³-hybridized carbons (Fsp3) is 0.689. The number of hydrogen-bond donors (Lipinski definition) is 5. The molecule has 0 radical (unpaired) electrons. The van der Waals surface area contributed by atoms with Gasteiger partial charge < -0.3 is 44.8 Å². The van der Waals surface area contributed by atoms with Crippen LogP contribution in [0.25, 0.3) is 5.57 Å². The van der Waals surface area contributed by atoms with E-state index in [9.17, 15) is 60.1 Å². The summed E-state index contributed by atoms with van der Waals surface area (Å²) in [6, 6.07) is 2.94. The van der Waals surface area contributed by atoms with Crippen molar-refractivity contribution in [2.24, 2.45) is 0 Å². The van der Waals surface area contributed by atoms with E-state index >= 15 is 0 Å². The number of nitrogens with zero attached hydrogens (tertiary/aromatic N) is 7. The maximum atomic E-state index is 13.9. The van der Waals surface area contributed by atoms with Crippen LogP contribution < -0.4 is 19.7 Å². The van der Waals surface area contributed by atoms with E-state index in [-0.39, 0.29) is 61.2 Å². The number of nitrogens with one attached hydrogen (secondary N) is 2. The number of unbranched alkanes of at least 4 members (excludes halogenated alkanes) is 1. The second-order valence-corrected chi connectivity index (χ2v) is 18.5. The van der Waals surface area contributed by atoms with Gasteiger partial charge in [0.25, 0.3) is 11.8 Å². The summed E-state index contributed by atoms with van der Waals surface area (Å²) in [6.07, 6.45) is 5.32. The Hall–Kier alpha value is -5.24. The second-order valence-electron chi connectivity index (χ2n) is 17.6. The Labute approximate surface area is 408 Å². The quantitative estimate of drug-likeness (QED) is 0.0722. The monoisotopic (exact) mass is 1020 g/mol. The van der Waals surface area contributed by atoms with Gasteiger partial charge in [-0.3, -0.25) is 48.4 Å². The van der Waals surface area contributed by atoms with Gasteiger partial charge in [-0.05, 0) is 51.4 Å². The van der Waals surface area contributed by atoms with E-state index < -0.39 is 65.7 Å². The Bertz CT molecular complexity index is 2060. The highest BCUT2D eigenvalue weighted by molar-refractivity contribution is 7.81. The minimum atomic E-state index is -5.47. The molecule has 4 rings (SSSR count). The number of hydrogen-bond acceptors (Lipinski definition) is 15. The number of aliphatic carboxylic acids is 3. The number of anilines is 2. The van der Waals surface area contributed by atoms with Crippen molar-refractivity contribution < 1.29 is 69.4 Å². The van der Waals surface area contributed by atoms with Gasteiger partial charge in [0.05, 0.1) is 38.4 Å². The molecular formula is C45H72F3N9O12S. The SMILES string of the molecule is CCCCC(=O)O.CCCN(CCN(CCN(CCC)CC(=O)N1CCN(CCCN(C)c2cc(OS(=O)(=O)F)c3c(c2)C(C(=O)NCC(=O)N2CCC(F)(F)C2)=CCN3)CC1)CC(=O)O)CC(=O)O. The highest BCUT2D eigenvalue weighted by Crippen LogP contribution is 2.40.